The SMILES string of the molecule is COC(=O)C(c1cc(N2CCC(CC3CCN(C(=O)OC(C)(C)C)CC3)CC2)no1)C(C)C. The number of rotatable bonds is 6. The molecule has 1 atom stereocenters. The summed E-state index contributed by atoms with van der Waals surface area (Å²) in [6.45, 7) is 13.1. The normalized spacial score (nSPS) is 19.6. The number of piperidine rings is 2. The molecular weight excluding hydrogens is 422 g/mol. The minimum atomic E-state index is -0.443. The molecule has 0 aromatic carbocycles. The molecule has 2 fully saturated rings. The van der Waals surface area contributed by atoms with E-state index in [-0.39, 0.29) is 18.0 Å². The maximum Gasteiger partial charge on any atom is 0.410 e. The summed E-state index contributed by atoms with van der Waals surface area (Å²) in [5, 5.41) is 4.24. The largest absolute Gasteiger partial charge is 0.468 e. The zero-order valence-electron chi connectivity index (χ0n) is 21.1. The fourth-order valence-corrected chi connectivity index (χ4v) is 4.97. The van der Waals surface area contributed by atoms with Crippen molar-refractivity contribution in [1.82, 2.24) is 10.1 Å². The molecule has 3 rings (SSSR count). The monoisotopic (exact) mass is 463 g/mol. The van der Waals surface area contributed by atoms with Crippen LogP contribution in [0.1, 0.15) is 78.4 Å². The Morgan fingerprint density at radius 2 is 1.67 bits per heavy atom. The number of methoxy groups -OCH3 is 1. The van der Waals surface area contributed by atoms with Crippen LogP contribution in [0.15, 0.2) is 10.6 Å². The highest BCUT2D eigenvalue weighted by molar-refractivity contribution is 5.77. The Labute approximate surface area is 197 Å². The second-order valence-electron chi connectivity index (χ2n) is 10.9. The first-order valence-corrected chi connectivity index (χ1v) is 12.3. The van der Waals surface area contributed by atoms with E-state index in [1.165, 1.54) is 13.5 Å². The first-order valence-electron chi connectivity index (χ1n) is 12.3. The maximum atomic E-state index is 12.3. The molecule has 0 aliphatic carbocycles. The van der Waals surface area contributed by atoms with Crippen molar-refractivity contribution in [3.05, 3.63) is 11.8 Å². The second kappa shape index (κ2) is 10.8. The van der Waals surface area contributed by atoms with E-state index in [0.29, 0.717) is 17.6 Å². The minimum Gasteiger partial charge on any atom is -0.468 e. The Morgan fingerprint density at radius 1 is 1.09 bits per heavy atom. The smallest absolute Gasteiger partial charge is 0.410 e. The number of hydrogen-bond donors (Lipinski definition) is 0. The summed E-state index contributed by atoms with van der Waals surface area (Å²) in [6, 6.07) is 1.90. The van der Waals surface area contributed by atoms with Crippen molar-refractivity contribution in [2.45, 2.75) is 78.2 Å². The van der Waals surface area contributed by atoms with E-state index >= 15 is 0 Å². The summed E-state index contributed by atoms with van der Waals surface area (Å²) >= 11 is 0. The van der Waals surface area contributed by atoms with Gasteiger partial charge in [0, 0.05) is 32.2 Å². The van der Waals surface area contributed by atoms with Crippen LogP contribution in [-0.4, -0.2) is 61.0 Å². The van der Waals surface area contributed by atoms with Crippen LogP contribution in [0.5, 0.6) is 0 Å². The molecule has 2 aliphatic rings. The van der Waals surface area contributed by atoms with Gasteiger partial charge in [-0.1, -0.05) is 19.0 Å². The Balaban J connectivity index is 1.44. The lowest BCUT2D eigenvalue weighted by Crippen LogP contribution is -2.42. The molecule has 2 saturated heterocycles. The van der Waals surface area contributed by atoms with Gasteiger partial charge in [0.25, 0.3) is 0 Å². The van der Waals surface area contributed by atoms with Crippen molar-refractivity contribution in [3.63, 3.8) is 0 Å². The van der Waals surface area contributed by atoms with Crippen molar-refractivity contribution in [2.75, 3.05) is 38.2 Å². The summed E-state index contributed by atoms with van der Waals surface area (Å²) < 4.78 is 16.0. The molecular formula is C25H41N3O5. The number of amides is 1. The minimum absolute atomic E-state index is 0.0747. The Kier molecular flexibility index (Phi) is 8.29. The molecule has 8 heteroatoms. The van der Waals surface area contributed by atoms with Gasteiger partial charge in [0.1, 0.15) is 11.5 Å². The summed E-state index contributed by atoms with van der Waals surface area (Å²) in [4.78, 5) is 28.5. The average molecular weight is 464 g/mol. The molecule has 1 aromatic heterocycles. The fourth-order valence-electron chi connectivity index (χ4n) is 4.97. The molecule has 3 heterocycles. The van der Waals surface area contributed by atoms with Gasteiger partial charge in [0.15, 0.2) is 11.6 Å². The number of carbonyl (C=O) groups excluding carboxylic acids is 2. The maximum absolute atomic E-state index is 12.3. The fraction of sp³-hybridized carbons (Fsp3) is 0.800. The van der Waals surface area contributed by atoms with E-state index in [2.05, 4.69) is 10.1 Å². The zero-order chi connectivity index (χ0) is 24.2. The molecule has 33 heavy (non-hydrogen) atoms. The predicted molar refractivity (Wildman–Crippen MR) is 126 cm³/mol. The standard InChI is InChI=1S/C25H41N3O5/c1-17(2)22(23(29)31-6)20-16-21(26-33-20)27-11-7-18(8-12-27)15-19-9-13-28(14-10-19)24(30)32-25(3,4)5/h16-19,22H,7-15H2,1-6H3. The van der Waals surface area contributed by atoms with Crippen LogP contribution in [-0.2, 0) is 14.3 Å². The first kappa shape index (κ1) is 25.4. The molecule has 0 N–H and O–H groups in total. The molecule has 0 spiro atoms. The molecule has 1 aromatic rings. The lowest BCUT2D eigenvalue weighted by molar-refractivity contribution is -0.144. The van der Waals surface area contributed by atoms with E-state index in [9.17, 15) is 9.59 Å². The molecule has 1 unspecified atom stereocenters. The second-order valence-corrected chi connectivity index (χ2v) is 10.9. The summed E-state index contributed by atoms with van der Waals surface area (Å²) in [7, 11) is 1.40. The van der Waals surface area contributed by atoms with Gasteiger partial charge < -0.3 is 23.8 Å². The van der Waals surface area contributed by atoms with Crippen LogP contribution in [0.25, 0.3) is 0 Å². The van der Waals surface area contributed by atoms with Crippen LogP contribution in [0, 0.1) is 17.8 Å². The molecule has 0 radical (unpaired) electrons. The van der Waals surface area contributed by atoms with Crippen LogP contribution < -0.4 is 4.90 Å². The van der Waals surface area contributed by atoms with E-state index in [0.717, 1.165) is 57.7 Å². The van der Waals surface area contributed by atoms with Crippen molar-refractivity contribution in [3.8, 4) is 0 Å². The van der Waals surface area contributed by atoms with Crippen molar-refractivity contribution in [1.29, 1.82) is 0 Å². The molecule has 186 valence electrons. The quantitative estimate of drug-likeness (QED) is 0.558. The van der Waals surface area contributed by atoms with Crippen molar-refractivity contribution < 1.29 is 23.6 Å². The third kappa shape index (κ3) is 6.87. The molecule has 0 saturated carbocycles. The van der Waals surface area contributed by atoms with Crippen LogP contribution in [0.2, 0.25) is 0 Å². The van der Waals surface area contributed by atoms with Crippen LogP contribution >= 0.6 is 0 Å². The highest BCUT2D eigenvalue weighted by Crippen LogP contribution is 2.33. The number of likely N-dealkylation sites (tertiary alicyclic amines) is 1. The van der Waals surface area contributed by atoms with E-state index in [1.807, 2.05) is 45.6 Å². The predicted octanol–water partition coefficient (Wildman–Crippen LogP) is 4.84. The van der Waals surface area contributed by atoms with Gasteiger partial charge in [-0.05, 0) is 70.6 Å². The highest BCUT2D eigenvalue weighted by Gasteiger charge is 2.32. The number of aromatic nitrogens is 1. The van der Waals surface area contributed by atoms with Crippen molar-refractivity contribution in [2.24, 2.45) is 17.8 Å². The van der Waals surface area contributed by atoms with Gasteiger partial charge in [-0.15, -0.1) is 0 Å². The number of nitrogens with zero attached hydrogens (tertiary/aromatic N) is 3. The van der Waals surface area contributed by atoms with E-state index in [1.54, 1.807) is 0 Å². The third-order valence-corrected chi connectivity index (χ3v) is 6.82. The first-order chi connectivity index (χ1) is 15.6. The van der Waals surface area contributed by atoms with E-state index < -0.39 is 11.5 Å². The lowest BCUT2D eigenvalue weighted by atomic mass is 9.83. The van der Waals surface area contributed by atoms with Gasteiger partial charge in [-0.2, -0.15) is 0 Å². The number of carbonyl (C=O) groups is 2. The molecule has 0 bridgehead atoms. The van der Waals surface area contributed by atoms with Crippen LogP contribution in [0.4, 0.5) is 10.6 Å². The number of anilines is 1. The Morgan fingerprint density at radius 3 is 2.18 bits per heavy atom. The number of ether oxygens (including phenoxy) is 2. The Hall–Kier alpha value is -2.25. The van der Waals surface area contributed by atoms with Gasteiger partial charge in [-0.3, -0.25) is 4.79 Å². The molecule has 2 aliphatic heterocycles. The van der Waals surface area contributed by atoms with Gasteiger partial charge >= 0.3 is 12.1 Å². The number of esters is 1. The van der Waals surface area contributed by atoms with E-state index in [4.69, 9.17) is 14.0 Å². The van der Waals surface area contributed by atoms with Gasteiger partial charge in [0.2, 0.25) is 0 Å². The zero-order valence-corrected chi connectivity index (χ0v) is 21.1. The lowest BCUT2D eigenvalue weighted by Gasteiger charge is -2.37. The van der Waals surface area contributed by atoms with Gasteiger partial charge in [0.05, 0.1) is 7.11 Å². The summed E-state index contributed by atoms with van der Waals surface area (Å²) in [6.07, 6.45) is 5.38. The highest BCUT2D eigenvalue weighted by atomic mass is 16.6. The molecule has 8 nitrogen and oxygen atoms in total. The van der Waals surface area contributed by atoms with Crippen molar-refractivity contribution >= 4 is 17.9 Å². The number of hydrogen-bond acceptors (Lipinski definition) is 7. The summed E-state index contributed by atoms with van der Waals surface area (Å²) in [5.41, 5.74) is -0.443. The topological polar surface area (TPSA) is 85.1 Å². The van der Waals surface area contributed by atoms with Gasteiger partial charge in [-0.25, -0.2) is 4.79 Å². The Bertz CT molecular complexity index is 784. The third-order valence-electron chi connectivity index (χ3n) is 6.82. The summed E-state index contributed by atoms with van der Waals surface area (Å²) in [5.74, 6) is 2.11. The molecule has 1 amide bonds. The average Bonchev–Trinajstić information content (AvgIpc) is 3.22. The van der Waals surface area contributed by atoms with Crippen LogP contribution in [0.3, 0.4) is 0 Å².